The lowest BCUT2D eigenvalue weighted by Gasteiger charge is -2.05. The van der Waals surface area contributed by atoms with Gasteiger partial charge in [0.15, 0.2) is 5.78 Å². The molecule has 0 saturated carbocycles. The SMILES string of the molecule is CCCc1ccc(C(=O)c2cccc(Br)c2F)cc1. The van der Waals surface area contributed by atoms with Gasteiger partial charge in [0.25, 0.3) is 0 Å². The Morgan fingerprint density at radius 2 is 1.84 bits per heavy atom. The van der Waals surface area contributed by atoms with E-state index in [1.54, 1.807) is 24.3 Å². The molecule has 0 radical (unpaired) electrons. The summed E-state index contributed by atoms with van der Waals surface area (Å²) in [6.07, 6.45) is 2.05. The molecule has 0 spiro atoms. The summed E-state index contributed by atoms with van der Waals surface area (Å²) in [5, 5.41) is 0. The van der Waals surface area contributed by atoms with E-state index in [1.807, 2.05) is 12.1 Å². The van der Waals surface area contributed by atoms with Gasteiger partial charge in [0.1, 0.15) is 5.82 Å². The Morgan fingerprint density at radius 3 is 2.47 bits per heavy atom. The van der Waals surface area contributed by atoms with Crippen molar-refractivity contribution in [1.82, 2.24) is 0 Å². The highest BCUT2D eigenvalue weighted by Gasteiger charge is 2.15. The van der Waals surface area contributed by atoms with E-state index in [9.17, 15) is 9.18 Å². The molecular weight excluding hydrogens is 307 g/mol. The van der Waals surface area contributed by atoms with Crippen molar-refractivity contribution in [1.29, 1.82) is 0 Å². The van der Waals surface area contributed by atoms with Crippen molar-refractivity contribution in [2.45, 2.75) is 19.8 Å². The second-order valence-electron chi connectivity index (χ2n) is 4.38. The van der Waals surface area contributed by atoms with Crippen LogP contribution in [0.5, 0.6) is 0 Å². The average molecular weight is 321 g/mol. The summed E-state index contributed by atoms with van der Waals surface area (Å²) in [6, 6.07) is 12.1. The standard InChI is InChI=1S/C16H14BrFO/c1-2-4-11-7-9-12(10-8-11)16(19)13-5-3-6-14(17)15(13)18/h3,5-10H,2,4H2,1H3. The largest absolute Gasteiger partial charge is 0.288 e. The molecule has 0 aliphatic carbocycles. The molecule has 0 aromatic heterocycles. The predicted molar refractivity (Wildman–Crippen MR) is 78.0 cm³/mol. The Kier molecular flexibility index (Phi) is 4.48. The topological polar surface area (TPSA) is 17.1 Å². The fourth-order valence-corrected chi connectivity index (χ4v) is 2.31. The summed E-state index contributed by atoms with van der Waals surface area (Å²) < 4.78 is 14.2. The minimum Gasteiger partial charge on any atom is -0.288 e. The molecule has 1 nitrogen and oxygen atoms in total. The minimum atomic E-state index is -0.509. The third-order valence-corrected chi connectivity index (χ3v) is 3.56. The fourth-order valence-electron chi connectivity index (χ4n) is 1.95. The highest BCUT2D eigenvalue weighted by atomic mass is 79.9. The average Bonchev–Trinajstić information content (AvgIpc) is 2.42. The van der Waals surface area contributed by atoms with Crippen LogP contribution < -0.4 is 0 Å². The number of hydrogen-bond acceptors (Lipinski definition) is 1. The molecule has 0 amide bonds. The molecule has 0 N–H and O–H groups in total. The van der Waals surface area contributed by atoms with E-state index in [4.69, 9.17) is 0 Å². The van der Waals surface area contributed by atoms with Crippen molar-refractivity contribution in [3.63, 3.8) is 0 Å². The second kappa shape index (κ2) is 6.11. The van der Waals surface area contributed by atoms with Crippen LogP contribution in [0.15, 0.2) is 46.9 Å². The monoisotopic (exact) mass is 320 g/mol. The Bertz CT molecular complexity index is 590. The maximum absolute atomic E-state index is 13.9. The summed E-state index contributed by atoms with van der Waals surface area (Å²) in [6.45, 7) is 2.11. The van der Waals surface area contributed by atoms with Gasteiger partial charge in [-0.1, -0.05) is 43.7 Å². The van der Waals surface area contributed by atoms with Gasteiger partial charge in [-0.05, 0) is 40.0 Å². The predicted octanol–water partition coefficient (Wildman–Crippen LogP) is 4.77. The first-order valence-electron chi connectivity index (χ1n) is 6.21. The molecule has 3 heteroatoms. The zero-order chi connectivity index (χ0) is 13.8. The lowest BCUT2D eigenvalue weighted by Crippen LogP contribution is -2.04. The number of ketones is 1. The van der Waals surface area contributed by atoms with Crippen LogP contribution in [0, 0.1) is 5.82 Å². The van der Waals surface area contributed by atoms with Gasteiger partial charge in [-0.2, -0.15) is 0 Å². The van der Waals surface area contributed by atoms with Crippen molar-refractivity contribution in [2.24, 2.45) is 0 Å². The fraction of sp³-hybridized carbons (Fsp3) is 0.188. The Hall–Kier alpha value is -1.48. The zero-order valence-electron chi connectivity index (χ0n) is 10.6. The lowest BCUT2D eigenvalue weighted by atomic mass is 10.0. The van der Waals surface area contributed by atoms with Gasteiger partial charge in [-0.3, -0.25) is 4.79 Å². The van der Waals surface area contributed by atoms with E-state index >= 15 is 0 Å². The Labute approximate surface area is 120 Å². The van der Waals surface area contributed by atoms with Gasteiger partial charge in [-0.15, -0.1) is 0 Å². The van der Waals surface area contributed by atoms with Crippen LogP contribution in [0.4, 0.5) is 4.39 Å². The maximum Gasteiger partial charge on any atom is 0.196 e. The van der Waals surface area contributed by atoms with E-state index in [-0.39, 0.29) is 11.3 Å². The minimum absolute atomic E-state index is 0.0950. The molecular formula is C16H14BrFO. The Balaban J connectivity index is 2.31. The van der Waals surface area contributed by atoms with Crippen LogP contribution in [0.25, 0.3) is 0 Å². The molecule has 0 heterocycles. The van der Waals surface area contributed by atoms with Crippen LogP contribution in [-0.4, -0.2) is 5.78 Å². The van der Waals surface area contributed by atoms with Crippen molar-refractivity contribution in [2.75, 3.05) is 0 Å². The molecule has 19 heavy (non-hydrogen) atoms. The first-order chi connectivity index (χ1) is 9.13. The van der Waals surface area contributed by atoms with Gasteiger partial charge < -0.3 is 0 Å². The number of benzene rings is 2. The second-order valence-corrected chi connectivity index (χ2v) is 5.23. The van der Waals surface area contributed by atoms with E-state index in [0.717, 1.165) is 12.8 Å². The van der Waals surface area contributed by atoms with Gasteiger partial charge in [-0.25, -0.2) is 4.39 Å². The highest BCUT2D eigenvalue weighted by molar-refractivity contribution is 9.10. The van der Waals surface area contributed by atoms with E-state index < -0.39 is 5.82 Å². The molecule has 2 aromatic rings. The van der Waals surface area contributed by atoms with Crippen LogP contribution >= 0.6 is 15.9 Å². The summed E-state index contributed by atoms with van der Waals surface area (Å²) in [5.74, 6) is -0.799. The third kappa shape index (κ3) is 3.10. The van der Waals surface area contributed by atoms with Gasteiger partial charge in [0.2, 0.25) is 0 Å². The van der Waals surface area contributed by atoms with E-state index in [1.165, 1.54) is 11.6 Å². The van der Waals surface area contributed by atoms with Gasteiger partial charge in [0.05, 0.1) is 10.0 Å². The molecule has 0 aliphatic rings. The molecule has 0 bridgehead atoms. The quantitative estimate of drug-likeness (QED) is 0.741. The van der Waals surface area contributed by atoms with Crippen LogP contribution in [0.2, 0.25) is 0 Å². The number of rotatable bonds is 4. The summed E-state index contributed by atoms with van der Waals surface area (Å²) >= 11 is 3.09. The van der Waals surface area contributed by atoms with Gasteiger partial charge in [0, 0.05) is 5.56 Å². The number of halogens is 2. The zero-order valence-corrected chi connectivity index (χ0v) is 12.2. The lowest BCUT2D eigenvalue weighted by molar-refractivity contribution is 0.103. The molecule has 0 aliphatic heterocycles. The van der Waals surface area contributed by atoms with Crippen LogP contribution in [0.1, 0.15) is 34.8 Å². The van der Waals surface area contributed by atoms with E-state index in [2.05, 4.69) is 22.9 Å². The van der Waals surface area contributed by atoms with Gasteiger partial charge >= 0.3 is 0 Å². The number of aryl methyl sites for hydroxylation is 1. The first kappa shape index (κ1) is 13.9. The normalized spacial score (nSPS) is 10.5. The van der Waals surface area contributed by atoms with Crippen molar-refractivity contribution < 1.29 is 9.18 Å². The molecule has 0 saturated heterocycles. The number of hydrogen-bond donors (Lipinski definition) is 0. The summed E-state index contributed by atoms with van der Waals surface area (Å²) in [5.41, 5.74) is 1.79. The molecule has 2 aromatic carbocycles. The third-order valence-electron chi connectivity index (χ3n) is 2.95. The molecule has 2 rings (SSSR count). The number of carbonyl (C=O) groups excluding carboxylic acids is 1. The highest BCUT2D eigenvalue weighted by Crippen LogP contribution is 2.21. The first-order valence-corrected chi connectivity index (χ1v) is 7.00. The smallest absolute Gasteiger partial charge is 0.196 e. The Morgan fingerprint density at radius 1 is 1.16 bits per heavy atom. The summed E-state index contributed by atoms with van der Waals surface area (Å²) in [4.78, 5) is 12.2. The number of carbonyl (C=O) groups is 1. The van der Waals surface area contributed by atoms with Crippen molar-refractivity contribution in [3.05, 3.63) is 69.4 Å². The molecule has 0 atom stereocenters. The molecule has 0 fully saturated rings. The van der Waals surface area contributed by atoms with Crippen molar-refractivity contribution in [3.8, 4) is 0 Å². The molecule has 0 unspecified atom stereocenters. The van der Waals surface area contributed by atoms with Crippen LogP contribution in [0.3, 0.4) is 0 Å². The molecule has 98 valence electrons. The summed E-state index contributed by atoms with van der Waals surface area (Å²) in [7, 11) is 0. The van der Waals surface area contributed by atoms with Crippen LogP contribution in [-0.2, 0) is 6.42 Å². The van der Waals surface area contributed by atoms with E-state index in [0.29, 0.717) is 10.0 Å². The van der Waals surface area contributed by atoms with Crippen molar-refractivity contribution >= 4 is 21.7 Å². The maximum atomic E-state index is 13.9.